The average Bonchev–Trinajstić information content (AvgIpc) is 3.15. The molecule has 2 aromatic rings. The first kappa shape index (κ1) is 23.8. The lowest BCUT2D eigenvalue weighted by Gasteiger charge is -2.28. The van der Waals surface area contributed by atoms with Crippen molar-refractivity contribution < 1.29 is 13.9 Å². The fourth-order valence-corrected chi connectivity index (χ4v) is 4.74. The van der Waals surface area contributed by atoms with E-state index in [0.717, 1.165) is 15.7 Å². The van der Waals surface area contributed by atoms with Gasteiger partial charge in [0.1, 0.15) is 16.9 Å². The number of fused-ring (bicyclic) bond motifs is 1. The van der Waals surface area contributed by atoms with Crippen LogP contribution in [0.3, 0.4) is 0 Å². The fourth-order valence-electron chi connectivity index (χ4n) is 3.32. The van der Waals surface area contributed by atoms with Crippen molar-refractivity contribution in [1.29, 1.82) is 0 Å². The van der Waals surface area contributed by atoms with Crippen LogP contribution in [0.5, 0.6) is 0 Å². The van der Waals surface area contributed by atoms with E-state index in [9.17, 15) is 9.18 Å². The first-order chi connectivity index (χ1) is 14.0. The van der Waals surface area contributed by atoms with Crippen molar-refractivity contribution in [2.75, 3.05) is 30.8 Å². The lowest BCUT2D eigenvalue weighted by Crippen LogP contribution is -2.39. The summed E-state index contributed by atoms with van der Waals surface area (Å²) in [6, 6.07) is 1.95. The summed E-state index contributed by atoms with van der Waals surface area (Å²) in [6.45, 7) is 8.73. The highest BCUT2D eigenvalue weighted by atomic mass is 127. The second-order valence-electron chi connectivity index (χ2n) is 8.13. The molecule has 1 amide bonds. The number of nitrogens with zero attached hydrogens (tertiary/aromatic N) is 4. The number of aromatic nitrogens is 2. The van der Waals surface area contributed by atoms with E-state index in [2.05, 4.69) is 43.5 Å². The number of benzene rings is 1. The molecule has 0 N–H and O–H groups in total. The van der Waals surface area contributed by atoms with Gasteiger partial charge in [0, 0.05) is 35.1 Å². The third-order valence-corrected chi connectivity index (χ3v) is 7.85. The third kappa shape index (κ3) is 5.12. The van der Waals surface area contributed by atoms with Gasteiger partial charge in [0.25, 0.3) is 0 Å². The number of hydrogen-bond donors (Lipinski definition) is 0. The van der Waals surface area contributed by atoms with Gasteiger partial charge in [-0.05, 0) is 77.5 Å². The molecule has 3 rings (SSSR count). The second-order valence-corrected chi connectivity index (χ2v) is 11.3. The molecule has 10 heteroatoms. The molecule has 164 valence electrons. The maximum atomic E-state index is 15.0. The summed E-state index contributed by atoms with van der Waals surface area (Å²) >= 11 is 6.90. The number of carbonyl (C=O) groups excluding carboxylic acids is 1. The third-order valence-electron chi connectivity index (χ3n) is 4.76. The van der Waals surface area contributed by atoms with Gasteiger partial charge in [0.05, 0.1) is 4.47 Å². The summed E-state index contributed by atoms with van der Waals surface area (Å²) in [5.41, 5.74) is -0.227. The number of ether oxygens (including phenoxy) is 1. The van der Waals surface area contributed by atoms with E-state index in [1.165, 1.54) is 11.8 Å². The number of rotatable bonds is 4. The Hall–Kier alpha value is -0.880. The van der Waals surface area contributed by atoms with Crippen LogP contribution in [0.15, 0.2) is 15.7 Å². The van der Waals surface area contributed by atoms with Crippen molar-refractivity contribution in [3.8, 4) is 0 Å². The number of likely N-dealkylation sites (N-methyl/N-ethyl adjacent to an activating group) is 1. The van der Waals surface area contributed by atoms with Crippen LogP contribution in [-0.2, 0) is 4.74 Å². The quantitative estimate of drug-likeness (QED) is 0.192. The Balaban J connectivity index is 1.94. The molecule has 1 saturated heterocycles. The molecule has 30 heavy (non-hydrogen) atoms. The van der Waals surface area contributed by atoms with E-state index in [4.69, 9.17) is 9.72 Å². The zero-order chi connectivity index (χ0) is 22.2. The fraction of sp³-hybridized carbons (Fsp3) is 0.550. The minimum absolute atomic E-state index is 0.0551. The molecular weight excluding hydrogens is 586 g/mol. The molecular formula is C20H25BrFIN4O2S. The predicted molar refractivity (Wildman–Crippen MR) is 131 cm³/mol. The zero-order valence-electron chi connectivity index (χ0n) is 17.6. The van der Waals surface area contributed by atoms with Crippen molar-refractivity contribution in [3.05, 3.63) is 19.9 Å². The molecule has 1 aliphatic heterocycles. The molecule has 1 aromatic heterocycles. The topological polar surface area (TPSA) is 58.6 Å². The van der Waals surface area contributed by atoms with E-state index in [1.54, 1.807) is 4.90 Å². The molecule has 1 atom stereocenters. The number of amides is 1. The Morgan fingerprint density at radius 2 is 2.17 bits per heavy atom. The SMILES string of the molecule is CCSc1nc(N(C)[C@H]2CCN(C(=O)OC(C)(C)C)C2)c2cc(I)c(Br)c(F)c2n1. The Morgan fingerprint density at radius 1 is 1.47 bits per heavy atom. The summed E-state index contributed by atoms with van der Waals surface area (Å²) in [4.78, 5) is 25.4. The highest BCUT2D eigenvalue weighted by Gasteiger charge is 2.33. The Labute approximate surface area is 202 Å². The summed E-state index contributed by atoms with van der Waals surface area (Å²) in [5.74, 6) is 1.09. The van der Waals surface area contributed by atoms with Crippen molar-refractivity contribution in [2.45, 2.75) is 50.9 Å². The van der Waals surface area contributed by atoms with Crippen LogP contribution in [0.2, 0.25) is 0 Å². The monoisotopic (exact) mass is 610 g/mol. The van der Waals surface area contributed by atoms with Gasteiger partial charge < -0.3 is 14.5 Å². The van der Waals surface area contributed by atoms with E-state index < -0.39 is 5.60 Å². The van der Waals surface area contributed by atoms with Gasteiger partial charge >= 0.3 is 6.09 Å². The van der Waals surface area contributed by atoms with Crippen LogP contribution in [0.4, 0.5) is 15.0 Å². The summed E-state index contributed by atoms with van der Waals surface area (Å²) in [5, 5.41) is 1.21. The molecule has 1 aliphatic rings. The number of carbonyl (C=O) groups is 1. The minimum Gasteiger partial charge on any atom is -0.444 e. The largest absolute Gasteiger partial charge is 0.444 e. The van der Waals surface area contributed by atoms with Crippen LogP contribution in [-0.4, -0.2) is 58.5 Å². The van der Waals surface area contributed by atoms with E-state index >= 15 is 0 Å². The normalized spacial score (nSPS) is 16.9. The van der Waals surface area contributed by atoms with Crippen molar-refractivity contribution in [2.24, 2.45) is 0 Å². The zero-order valence-corrected chi connectivity index (χ0v) is 22.2. The smallest absolute Gasteiger partial charge is 0.410 e. The number of thioether (sulfide) groups is 1. The average molecular weight is 611 g/mol. The van der Waals surface area contributed by atoms with Crippen molar-refractivity contribution in [3.63, 3.8) is 0 Å². The van der Waals surface area contributed by atoms with Crippen molar-refractivity contribution >= 4 is 73.1 Å². The van der Waals surface area contributed by atoms with Crippen LogP contribution < -0.4 is 4.90 Å². The van der Waals surface area contributed by atoms with Crippen LogP contribution >= 0.6 is 50.3 Å². The highest BCUT2D eigenvalue weighted by Crippen LogP contribution is 2.35. The number of hydrogen-bond acceptors (Lipinski definition) is 6. The lowest BCUT2D eigenvalue weighted by atomic mass is 10.2. The maximum absolute atomic E-state index is 15.0. The van der Waals surface area contributed by atoms with Gasteiger partial charge in [-0.3, -0.25) is 0 Å². The molecule has 1 aromatic carbocycles. The summed E-state index contributed by atoms with van der Waals surface area (Å²) < 4.78 is 21.7. The molecule has 0 saturated carbocycles. The lowest BCUT2D eigenvalue weighted by molar-refractivity contribution is 0.0292. The molecule has 0 spiro atoms. The van der Waals surface area contributed by atoms with E-state index in [0.29, 0.717) is 39.4 Å². The van der Waals surface area contributed by atoms with Gasteiger partial charge in [-0.25, -0.2) is 19.2 Å². The van der Waals surface area contributed by atoms with Gasteiger partial charge in [-0.15, -0.1) is 0 Å². The van der Waals surface area contributed by atoms with E-state index in [1.807, 2.05) is 45.7 Å². The molecule has 0 bridgehead atoms. The van der Waals surface area contributed by atoms with Gasteiger partial charge in [-0.1, -0.05) is 18.7 Å². The molecule has 2 heterocycles. The summed E-state index contributed by atoms with van der Waals surface area (Å²) in [7, 11) is 1.94. The maximum Gasteiger partial charge on any atom is 0.410 e. The standard InChI is InChI=1S/C20H25BrFIN4O2S/c1-6-30-18-24-16-12(9-13(23)14(21)15(16)22)17(25-18)26(5)11-7-8-27(10-11)19(28)29-20(2,3)4/h9,11H,6-8,10H2,1-5H3/t11-/m0/s1. The van der Waals surface area contributed by atoms with Crippen LogP contribution in [0.25, 0.3) is 10.9 Å². The highest BCUT2D eigenvalue weighted by molar-refractivity contribution is 14.1. The predicted octanol–water partition coefficient (Wildman–Crippen LogP) is 5.69. The van der Waals surface area contributed by atoms with E-state index in [-0.39, 0.29) is 18.0 Å². The molecule has 1 fully saturated rings. The number of likely N-dealkylation sites (tertiary alicyclic amines) is 1. The molecule has 0 unspecified atom stereocenters. The van der Waals surface area contributed by atoms with Crippen molar-refractivity contribution in [1.82, 2.24) is 14.9 Å². The first-order valence-electron chi connectivity index (χ1n) is 9.70. The Bertz CT molecular complexity index is 972. The number of halogens is 3. The summed E-state index contributed by atoms with van der Waals surface area (Å²) in [6.07, 6.45) is 0.478. The Morgan fingerprint density at radius 3 is 2.80 bits per heavy atom. The first-order valence-corrected chi connectivity index (χ1v) is 12.6. The molecule has 6 nitrogen and oxygen atoms in total. The Kier molecular flexibility index (Phi) is 7.38. The molecule has 0 aliphatic carbocycles. The molecule has 0 radical (unpaired) electrons. The second kappa shape index (κ2) is 9.32. The van der Waals surface area contributed by atoms with Gasteiger partial charge in [0.15, 0.2) is 11.0 Å². The van der Waals surface area contributed by atoms with Gasteiger partial charge in [0.2, 0.25) is 0 Å². The van der Waals surface area contributed by atoms with Crippen LogP contribution in [0.1, 0.15) is 34.1 Å². The van der Waals surface area contributed by atoms with Crippen LogP contribution in [0, 0.1) is 9.39 Å². The van der Waals surface area contributed by atoms with Gasteiger partial charge in [-0.2, -0.15) is 0 Å². The number of anilines is 1. The minimum atomic E-state index is -0.530.